The quantitative estimate of drug-likeness (QED) is 0.885. The summed E-state index contributed by atoms with van der Waals surface area (Å²) in [6.07, 6.45) is 4.21. The summed E-state index contributed by atoms with van der Waals surface area (Å²) in [6.45, 7) is 1.96. The van der Waals surface area contributed by atoms with Gasteiger partial charge in [0.2, 0.25) is 0 Å². The summed E-state index contributed by atoms with van der Waals surface area (Å²) in [5.74, 6) is 2.63. The molecule has 5 nitrogen and oxygen atoms in total. The van der Waals surface area contributed by atoms with Crippen LogP contribution in [-0.4, -0.2) is 25.2 Å². The lowest BCUT2D eigenvalue weighted by Crippen LogP contribution is -2.17. The fourth-order valence-electron chi connectivity index (χ4n) is 1.98. The van der Waals surface area contributed by atoms with Gasteiger partial charge in [0.15, 0.2) is 0 Å². The van der Waals surface area contributed by atoms with Crippen molar-refractivity contribution in [2.24, 2.45) is 5.73 Å². The van der Waals surface area contributed by atoms with Crippen molar-refractivity contribution >= 4 is 0 Å². The van der Waals surface area contributed by atoms with Crippen molar-refractivity contribution in [3.8, 4) is 23.0 Å². The van der Waals surface area contributed by atoms with Gasteiger partial charge < -0.3 is 19.9 Å². The molecule has 1 atom stereocenters. The number of nitrogens with two attached hydrogens (primary N) is 1. The zero-order valence-electron chi connectivity index (χ0n) is 12.5. The number of rotatable bonds is 6. The van der Waals surface area contributed by atoms with E-state index < -0.39 is 0 Å². The van der Waals surface area contributed by atoms with Crippen LogP contribution in [0.3, 0.4) is 0 Å². The fourth-order valence-corrected chi connectivity index (χ4v) is 1.98. The second kappa shape index (κ2) is 6.95. The average Bonchev–Trinajstić information content (AvgIpc) is 2.46. The molecule has 112 valence electrons. The monoisotopic (exact) mass is 288 g/mol. The average molecular weight is 288 g/mol. The SMILES string of the molecule is COc1cc(OC)cc(Oc2cncc(CC(C)N)c2)c1. The highest BCUT2D eigenvalue weighted by atomic mass is 16.5. The number of methoxy groups -OCH3 is 2. The van der Waals surface area contributed by atoms with Crippen molar-refractivity contribution in [1.29, 1.82) is 0 Å². The van der Waals surface area contributed by atoms with Gasteiger partial charge in [-0.15, -0.1) is 0 Å². The maximum absolute atomic E-state index is 5.82. The van der Waals surface area contributed by atoms with E-state index in [4.69, 9.17) is 19.9 Å². The molecule has 2 N–H and O–H groups in total. The second-order valence-electron chi connectivity index (χ2n) is 4.86. The van der Waals surface area contributed by atoms with Crippen LogP contribution in [0.1, 0.15) is 12.5 Å². The highest BCUT2D eigenvalue weighted by Crippen LogP contribution is 2.30. The Kier molecular flexibility index (Phi) is 5.00. The van der Waals surface area contributed by atoms with Gasteiger partial charge in [-0.05, 0) is 25.0 Å². The molecule has 1 aromatic heterocycles. The van der Waals surface area contributed by atoms with E-state index in [0.29, 0.717) is 23.0 Å². The van der Waals surface area contributed by atoms with Gasteiger partial charge in [0.05, 0.1) is 20.4 Å². The van der Waals surface area contributed by atoms with Crippen LogP contribution in [0.4, 0.5) is 0 Å². The first-order chi connectivity index (χ1) is 10.1. The van der Waals surface area contributed by atoms with E-state index in [1.165, 1.54) is 0 Å². The van der Waals surface area contributed by atoms with Crippen molar-refractivity contribution in [2.75, 3.05) is 14.2 Å². The van der Waals surface area contributed by atoms with Crippen LogP contribution >= 0.6 is 0 Å². The minimum Gasteiger partial charge on any atom is -0.496 e. The molecule has 21 heavy (non-hydrogen) atoms. The fraction of sp³-hybridized carbons (Fsp3) is 0.312. The van der Waals surface area contributed by atoms with E-state index in [9.17, 15) is 0 Å². The minimum absolute atomic E-state index is 0.0824. The molecule has 0 fully saturated rings. The number of hydrogen-bond acceptors (Lipinski definition) is 5. The Balaban J connectivity index is 2.21. The molecular weight excluding hydrogens is 268 g/mol. The van der Waals surface area contributed by atoms with Gasteiger partial charge >= 0.3 is 0 Å². The summed E-state index contributed by atoms with van der Waals surface area (Å²) in [6, 6.07) is 7.39. The highest BCUT2D eigenvalue weighted by molar-refractivity contribution is 5.44. The molecule has 0 radical (unpaired) electrons. The molecule has 2 rings (SSSR count). The van der Waals surface area contributed by atoms with Crippen LogP contribution in [0.15, 0.2) is 36.7 Å². The van der Waals surface area contributed by atoms with Gasteiger partial charge in [-0.3, -0.25) is 4.98 Å². The predicted molar refractivity (Wildman–Crippen MR) is 81.2 cm³/mol. The van der Waals surface area contributed by atoms with Gasteiger partial charge in [-0.25, -0.2) is 0 Å². The van der Waals surface area contributed by atoms with E-state index in [0.717, 1.165) is 12.0 Å². The highest BCUT2D eigenvalue weighted by Gasteiger charge is 2.06. The summed E-state index contributed by atoms with van der Waals surface area (Å²) >= 11 is 0. The van der Waals surface area contributed by atoms with Crippen molar-refractivity contribution in [3.05, 3.63) is 42.2 Å². The van der Waals surface area contributed by atoms with Crippen molar-refractivity contribution in [1.82, 2.24) is 4.98 Å². The molecule has 0 spiro atoms. The predicted octanol–water partition coefficient (Wildman–Crippen LogP) is 2.78. The van der Waals surface area contributed by atoms with E-state index in [-0.39, 0.29) is 6.04 Å². The third kappa shape index (κ3) is 4.36. The summed E-state index contributed by atoms with van der Waals surface area (Å²) < 4.78 is 16.3. The number of aromatic nitrogens is 1. The summed E-state index contributed by atoms with van der Waals surface area (Å²) in [7, 11) is 3.20. The Hall–Kier alpha value is -2.27. The second-order valence-corrected chi connectivity index (χ2v) is 4.86. The standard InChI is InChI=1S/C16H20N2O3/c1-11(17)4-12-5-16(10-18-9-12)21-15-7-13(19-2)6-14(8-15)20-3/h5-11H,4,17H2,1-3H3. The normalized spacial score (nSPS) is 11.8. The van der Waals surface area contributed by atoms with Gasteiger partial charge in [0, 0.05) is 30.4 Å². The summed E-state index contributed by atoms with van der Waals surface area (Å²) in [5.41, 5.74) is 6.84. The lowest BCUT2D eigenvalue weighted by atomic mass is 10.1. The van der Waals surface area contributed by atoms with E-state index in [1.54, 1.807) is 44.8 Å². The molecule has 0 saturated carbocycles. The Morgan fingerprint density at radius 1 is 0.952 bits per heavy atom. The molecule has 5 heteroatoms. The van der Waals surface area contributed by atoms with E-state index in [2.05, 4.69) is 4.98 Å². The van der Waals surface area contributed by atoms with Crippen LogP contribution in [0, 0.1) is 0 Å². The number of nitrogens with zero attached hydrogens (tertiary/aromatic N) is 1. The largest absolute Gasteiger partial charge is 0.496 e. The molecule has 0 saturated heterocycles. The van der Waals surface area contributed by atoms with Crippen LogP contribution in [-0.2, 0) is 6.42 Å². The van der Waals surface area contributed by atoms with Gasteiger partial charge in [0.25, 0.3) is 0 Å². The van der Waals surface area contributed by atoms with Crippen molar-refractivity contribution in [2.45, 2.75) is 19.4 Å². The van der Waals surface area contributed by atoms with Crippen LogP contribution in [0.5, 0.6) is 23.0 Å². The zero-order chi connectivity index (χ0) is 15.2. The summed E-state index contributed by atoms with van der Waals surface area (Å²) in [4.78, 5) is 4.18. The molecular formula is C16H20N2O3. The lowest BCUT2D eigenvalue weighted by Gasteiger charge is -2.11. The Morgan fingerprint density at radius 2 is 1.57 bits per heavy atom. The van der Waals surface area contributed by atoms with Crippen LogP contribution < -0.4 is 19.9 Å². The van der Waals surface area contributed by atoms with Crippen LogP contribution in [0.25, 0.3) is 0 Å². The molecule has 0 amide bonds. The third-order valence-electron chi connectivity index (χ3n) is 2.89. The Morgan fingerprint density at radius 3 is 2.14 bits per heavy atom. The minimum atomic E-state index is 0.0824. The molecule has 1 unspecified atom stereocenters. The molecule has 0 aliphatic rings. The van der Waals surface area contributed by atoms with Gasteiger partial charge in [0.1, 0.15) is 23.0 Å². The number of pyridine rings is 1. The molecule has 0 bridgehead atoms. The van der Waals surface area contributed by atoms with E-state index in [1.807, 2.05) is 13.0 Å². The van der Waals surface area contributed by atoms with Gasteiger partial charge in [-0.2, -0.15) is 0 Å². The number of benzene rings is 1. The number of hydrogen-bond donors (Lipinski definition) is 1. The Bertz CT molecular complexity index is 578. The molecule has 2 aromatic rings. The van der Waals surface area contributed by atoms with Crippen molar-refractivity contribution in [3.63, 3.8) is 0 Å². The maximum atomic E-state index is 5.82. The topological polar surface area (TPSA) is 66.6 Å². The first-order valence-corrected chi connectivity index (χ1v) is 6.71. The van der Waals surface area contributed by atoms with Crippen LogP contribution in [0.2, 0.25) is 0 Å². The molecule has 1 aromatic carbocycles. The van der Waals surface area contributed by atoms with Gasteiger partial charge in [-0.1, -0.05) is 0 Å². The summed E-state index contributed by atoms with van der Waals surface area (Å²) in [5, 5.41) is 0. The third-order valence-corrected chi connectivity index (χ3v) is 2.89. The number of ether oxygens (including phenoxy) is 3. The molecule has 1 heterocycles. The Labute approximate surface area is 124 Å². The first-order valence-electron chi connectivity index (χ1n) is 6.71. The molecule has 0 aliphatic heterocycles. The van der Waals surface area contributed by atoms with Crippen molar-refractivity contribution < 1.29 is 14.2 Å². The first kappa shape index (κ1) is 15.1. The molecule has 0 aliphatic carbocycles. The zero-order valence-corrected chi connectivity index (χ0v) is 12.5. The van der Waals surface area contributed by atoms with E-state index >= 15 is 0 Å². The smallest absolute Gasteiger partial charge is 0.145 e. The lowest BCUT2D eigenvalue weighted by molar-refractivity contribution is 0.386. The maximum Gasteiger partial charge on any atom is 0.145 e.